The number of carboxylic acid groups (broad SMARTS) is 1. The SMILES string of the molecule is Cc1sc2c(c1C)C(c1ccc(CCC=CNO)cc1)=NC(CC(=O)O)c1nnc(C)n1-2. The maximum absolute atomic E-state index is 11.6. The summed E-state index contributed by atoms with van der Waals surface area (Å²) in [5.74, 6) is 0.350. The third-order valence-corrected chi connectivity index (χ3v) is 6.82. The molecule has 0 fully saturated rings. The molecule has 0 aliphatic carbocycles. The smallest absolute Gasteiger partial charge is 0.306 e. The van der Waals surface area contributed by atoms with Gasteiger partial charge in [0, 0.05) is 22.2 Å². The fraction of sp³-hybridized carbons (Fsp3) is 0.304. The molecule has 9 heteroatoms. The molecule has 0 bridgehead atoms. The number of hydrogen-bond acceptors (Lipinski definition) is 7. The molecule has 32 heavy (non-hydrogen) atoms. The van der Waals surface area contributed by atoms with E-state index in [1.165, 1.54) is 16.6 Å². The summed E-state index contributed by atoms with van der Waals surface area (Å²) in [7, 11) is 0. The molecule has 0 radical (unpaired) electrons. The topological polar surface area (TPSA) is 113 Å². The molecule has 1 aliphatic heterocycles. The zero-order chi connectivity index (χ0) is 22.8. The first-order valence-corrected chi connectivity index (χ1v) is 11.2. The van der Waals surface area contributed by atoms with Crippen LogP contribution < -0.4 is 5.48 Å². The highest BCUT2D eigenvalue weighted by Crippen LogP contribution is 2.39. The number of benzene rings is 1. The van der Waals surface area contributed by atoms with Crippen LogP contribution in [-0.4, -0.2) is 36.8 Å². The number of nitrogens with zero attached hydrogens (tertiary/aromatic N) is 4. The molecule has 2 aromatic heterocycles. The zero-order valence-electron chi connectivity index (χ0n) is 18.2. The van der Waals surface area contributed by atoms with Gasteiger partial charge in [-0.2, -0.15) is 0 Å². The number of aliphatic carboxylic acids is 1. The molecule has 0 saturated carbocycles. The van der Waals surface area contributed by atoms with Crippen LogP contribution in [0.4, 0.5) is 0 Å². The molecule has 1 aliphatic rings. The van der Waals surface area contributed by atoms with E-state index >= 15 is 0 Å². The number of carbonyl (C=O) groups is 1. The van der Waals surface area contributed by atoms with Gasteiger partial charge in [-0.3, -0.25) is 25.0 Å². The van der Waals surface area contributed by atoms with Gasteiger partial charge in [0.2, 0.25) is 0 Å². The van der Waals surface area contributed by atoms with Crippen molar-refractivity contribution in [3.05, 3.63) is 75.3 Å². The van der Waals surface area contributed by atoms with Gasteiger partial charge in [0.15, 0.2) is 5.82 Å². The first kappa shape index (κ1) is 21.9. The Morgan fingerprint density at radius 3 is 2.66 bits per heavy atom. The molecule has 166 valence electrons. The van der Waals surface area contributed by atoms with Crippen molar-refractivity contribution >= 4 is 23.0 Å². The van der Waals surface area contributed by atoms with Crippen molar-refractivity contribution < 1.29 is 15.1 Å². The molecule has 0 spiro atoms. The fourth-order valence-corrected chi connectivity index (χ4v) is 5.12. The maximum atomic E-state index is 11.6. The Bertz CT molecular complexity index is 1210. The van der Waals surface area contributed by atoms with Gasteiger partial charge >= 0.3 is 5.97 Å². The number of aryl methyl sites for hydroxylation is 3. The summed E-state index contributed by atoms with van der Waals surface area (Å²) < 4.78 is 1.96. The Morgan fingerprint density at radius 1 is 1.22 bits per heavy atom. The van der Waals surface area contributed by atoms with Gasteiger partial charge in [0.25, 0.3) is 0 Å². The number of rotatable bonds is 7. The summed E-state index contributed by atoms with van der Waals surface area (Å²) in [6.07, 6.45) is 4.85. The molecule has 0 amide bonds. The lowest BCUT2D eigenvalue weighted by molar-refractivity contribution is -0.137. The minimum atomic E-state index is -0.927. The Balaban J connectivity index is 1.81. The van der Waals surface area contributed by atoms with E-state index in [9.17, 15) is 9.90 Å². The molecule has 1 atom stereocenters. The van der Waals surface area contributed by atoms with Crippen molar-refractivity contribution in [2.45, 2.75) is 46.1 Å². The third-order valence-electron chi connectivity index (χ3n) is 5.63. The number of allylic oxidation sites excluding steroid dienone is 1. The minimum Gasteiger partial charge on any atom is -0.481 e. The number of hydrogen-bond donors (Lipinski definition) is 3. The van der Waals surface area contributed by atoms with Crippen LogP contribution in [0.1, 0.15) is 57.7 Å². The molecular formula is C23H25N5O3S. The quantitative estimate of drug-likeness (QED) is 0.467. The van der Waals surface area contributed by atoms with Crippen LogP contribution >= 0.6 is 11.3 Å². The van der Waals surface area contributed by atoms with Crippen molar-refractivity contribution in [1.82, 2.24) is 20.2 Å². The predicted molar refractivity (Wildman–Crippen MR) is 123 cm³/mol. The lowest BCUT2D eigenvalue weighted by Crippen LogP contribution is -2.10. The maximum Gasteiger partial charge on any atom is 0.306 e. The number of carboxylic acids is 1. The molecule has 3 N–H and O–H groups in total. The highest BCUT2D eigenvalue weighted by atomic mass is 32.1. The van der Waals surface area contributed by atoms with Gasteiger partial charge < -0.3 is 5.11 Å². The van der Waals surface area contributed by atoms with Gasteiger partial charge in [-0.1, -0.05) is 30.3 Å². The summed E-state index contributed by atoms with van der Waals surface area (Å²) in [4.78, 5) is 17.7. The molecule has 1 unspecified atom stereocenters. The Morgan fingerprint density at radius 2 is 1.97 bits per heavy atom. The van der Waals surface area contributed by atoms with Crippen LogP contribution in [0.3, 0.4) is 0 Å². The van der Waals surface area contributed by atoms with Gasteiger partial charge in [-0.15, -0.1) is 21.5 Å². The highest BCUT2D eigenvalue weighted by Gasteiger charge is 2.32. The molecule has 0 saturated heterocycles. The van der Waals surface area contributed by atoms with Gasteiger partial charge in [-0.25, -0.2) is 0 Å². The van der Waals surface area contributed by atoms with E-state index in [0.29, 0.717) is 5.82 Å². The molecule has 1 aromatic carbocycles. The van der Waals surface area contributed by atoms with Crippen LogP contribution in [0.5, 0.6) is 0 Å². The molecular weight excluding hydrogens is 426 g/mol. The first-order chi connectivity index (χ1) is 15.4. The van der Waals surface area contributed by atoms with Crippen LogP contribution in [0.2, 0.25) is 0 Å². The lowest BCUT2D eigenvalue weighted by atomic mass is 9.98. The second-order valence-corrected chi connectivity index (χ2v) is 8.97. The van der Waals surface area contributed by atoms with E-state index in [4.69, 9.17) is 10.2 Å². The summed E-state index contributed by atoms with van der Waals surface area (Å²) in [6, 6.07) is 7.58. The summed E-state index contributed by atoms with van der Waals surface area (Å²) >= 11 is 1.65. The molecule has 4 rings (SSSR count). The normalized spacial score (nSPS) is 15.2. The Kier molecular flexibility index (Phi) is 6.20. The average Bonchev–Trinajstić information content (AvgIpc) is 3.24. The number of nitrogens with one attached hydrogen (secondary N) is 1. The zero-order valence-corrected chi connectivity index (χ0v) is 19.0. The number of thiophene rings is 1. The third kappa shape index (κ3) is 4.09. The Hall–Kier alpha value is -3.30. The lowest BCUT2D eigenvalue weighted by Gasteiger charge is -2.11. The minimum absolute atomic E-state index is 0.155. The largest absolute Gasteiger partial charge is 0.481 e. The predicted octanol–water partition coefficient (Wildman–Crippen LogP) is 4.05. The van der Waals surface area contributed by atoms with E-state index in [1.807, 2.05) is 35.2 Å². The monoisotopic (exact) mass is 451 g/mol. The highest BCUT2D eigenvalue weighted by molar-refractivity contribution is 7.15. The van der Waals surface area contributed by atoms with E-state index in [1.54, 1.807) is 11.3 Å². The molecule has 3 aromatic rings. The number of hydroxylamine groups is 1. The number of fused-ring (bicyclic) bond motifs is 3. The summed E-state index contributed by atoms with van der Waals surface area (Å²) in [5, 5.41) is 27.6. The van der Waals surface area contributed by atoms with Gasteiger partial charge in [-0.05, 0) is 44.7 Å². The van der Waals surface area contributed by atoms with Gasteiger partial charge in [0.1, 0.15) is 16.9 Å². The fourth-order valence-electron chi connectivity index (χ4n) is 3.91. The van der Waals surface area contributed by atoms with E-state index in [0.717, 1.165) is 46.1 Å². The first-order valence-electron chi connectivity index (χ1n) is 10.4. The van der Waals surface area contributed by atoms with Crippen molar-refractivity contribution in [2.24, 2.45) is 4.99 Å². The standard InChI is InChI=1S/C23H25N5O3S/c1-13-14(2)32-23-20(13)21(17-9-7-16(8-10-17)6-4-5-11-24-31)25-18(12-19(29)30)22-27-26-15(3)28(22)23/h5,7-11,18,24,31H,4,6,12H2,1-3H3,(H,29,30). The van der Waals surface area contributed by atoms with Crippen molar-refractivity contribution in [3.8, 4) is 5.00 Å². The van der Waals surface area contributed by atoms with E-state index in [-0.39, 0.29) is 6.42 Å². The second kappa shape index (κ2) is 9.05. The Labute approximate surface area is 189 Å². The van der Waals surface area contributed by atoms with Crippen LogP contribution in [0.25, 0.3) is 5.00 Å². The van der Waals surface area contributed by atoms with Gasteiger partial charge in [0.05, 0.1) is 12.1 Å². The summed E-state index contributed by atoms with van der Waals surface area (Å²) in [6.45, 7) is 6.04. The number of aromatic nitrogens is 3. The van der Waals surface area contributed by atoms with Crippen LogP contribution in [0.15, 0.2) is 41.5 Å². The molecule has 3 heterocycles. The average molecular weight is 452 g/mol. The van der Waals surface area contributed by atoms with Crippen molar-refractivity contribution in [2.75, 3.05) is 0 Å². The van der Waals surface area contributed by atoms with Crippen molar-refractivity contribution in [3.63, 3.8) is 0 Å². The van der Waals surface area contributed by atoms with E-state index < -0.39 is 12.0 Å². The number of aliphatic imine (C=N–C) groups is 1. The van der Waals surface area contributed by atoms with Crippen molar-refractivity contribution in [1.29, 1.82) is 0 Å². The van der Waals surface area contributed by atoms with E-state index in [2.05, 4.69) is 36.2 Å². The summed E-state index contributed by atoms with van der Waals surface area (Å²) in [5.41, 5.74) is 7.04. The van der Waals surface area contributed by atoms with Crippen LogP contribution in [0, 0.1) is 20.8 Å². The van der Waals surface area contributed by atoms with Crippen LogP contribution in [-0.2, 0) is 11.2 Å². The second-order valence-electron chi connectivity index (χ2n) is 7.76. The molecule has 8 nitrogen and oxygen atoms in total.